The molecule has 0 spiro atoms. The van der Waals surface area contributed by atoms with Crippen molar-refractivity contribution >= 4 is 0 Å². The van der Waals surface area contributed by atoms with Crippen LogP contribution in [0.15, 0.2) is 182 Å². The van der Waals surface area contributed by atoms with Gasteiger partial charge in [-0.15, -0.1) is 0 Å². The number of unbranched alkanes of at least 4 members (excludes halogenated alkanes) is 11. The van der Waals surface area contributed by atoms with Gasteiger partial charge in [0.25, 0.3) is 0 Å². The van der Waals surface area contributed by atoms with Crippen LogP contribution >= 0.6 is 0 Å². The summed E-state index contributed by atoms with van der Waals surface area (Å²) in [6, 6.07) is 60.7. The maximum atomic E-state index is 7.49. The molecule has 402 valence electrons. The number of rotatable bonds is 37. The first-order valence-electron chi connectivity index (χ1n) is 28.0. The number of hydrogen-bond acceptors (Lipinski definition) is 9. The van der Waals surface area contributed by atoms with Crippen molar-refractivity contribution in [1.82, 2.24) is 0 Å². The molecule has 1 aliphatic heterocycles. The van der Waals surface area contributed by atoms with Gasteiger partial charge in [-0.25, -0.2) is 0 Å². The average molecular weight is 1020 g/mol. The van der Waals surface area contributed by atoms with E-state index in [-0.39, 0.29) is 19.8 Å². The monoisotopic (exact) mass is 1020 g/mol. The van der Waals surface area contributed by atoms with Crippen LogP contribution in [0.3, 0.4) is 0 Å². The predicted molar refractivity (Wildman–Crippen MR) is 299 cm³/mol. The molecular formula is C66H85NO8. The van der Waals surface area contributed by atoms with E-state index in [4.69, 9.17) is 43.6 Å². The number of benzene rings is 6. The highest BCUT2D eigenvalue weighted by atomic mass is 16.7. The zero-order valence-corrected chi connectivity index (χ0v) is 44.6. The Hall–Kier alpha value is -5.04. The highest BCUT2D eigenvalue weighted by Gasteiger charge is 2.51. The van der Waals surface area contributed by atoms with Gasteiger partial charge in [-0.05, 0) is 39.8 Å². The second kappa shape index (κ2) is 34.6. The van der Waals surface area contributed by atoms with E-state index in [1.54, 1.807) is 0 Å². The Kier molecular flexibility index (Phi) is 26.6. The molecule has 0 bridgehead atoms. The first-order chi connectivity index (χ1) is 37.1. The minimum absolute atomic E-state index is 0.203. The van der Waals surface area contributed by atoms with E-state index in [0.717, 1.165) is 52.6 Å². The minimum atomic E-state index is -0.980. The van der Waals surface area contributed by atoms with Gasteiger partial charge in [-0.3, -0.25) is 0 Å². The molecule has 75 heavy (non-hydrogen) atoms. The molecule has 1 aliphatic rings. The summed E-state index contributed by atoms with van der Waals surface area (Å²) in [4.78, 5) is 0. The summed E-state index contributed by atoms with van der Waals surface area (Å²) in [7, 11) is 0. The highest BCUT2D eigenvalue weighted by molar-refractivity contribution is 5.18. The molecule has 9 nitrogen and oxygen atoms in total. The molecule has 0 radical (unpaired) electrons. The molecule has 7 rings (SSSR count). The van der Waals surface area contributed by atoms with Crippen LogP contribution in [-0.2, 0) is 77.5 Å². The normalized spacial score (nSPS) is 18.9. The highest BCUT2D eigenvalue weighted by Crippen LogP contribution is 2.34. The lowest BCUT2D eigenvalue weighted by Crippen LogP contribution is -2.63. The maximum Gasteiger partial charge on any atom is 0.187 e. The Morgan fingerprint density at radius 2 is 0.787 bits per heavy atom. The van der Waals surface area contributed by atoms with Crippen molar-refractivity contribution in [2.75, 3.05) is 13.2 Å². The first kappa shape index (κ1) is 57.7. The fourth-order valence-corrected chi connectivity index (χ4v) is 9.76. The maximum absolute atomic E-state index is 7.49. The summed E-state index contributed by atoms with van der Waals surface area (Å²) < 4.78 is 55.9. The Morgan fingerprint density at radius 1 is 0.413 bits per heavy atom. The van der Waals surface area contributed by atoms with Crippen molar-refractivity contribution in [2.24, 2.45) is 5.73 Å². The fourth-order valence-electron chi connectivity index (χ4n) is 9.76. The van der Waals surface area contributed by atoms with Crippen molar-refractivity contribution in [3.8, 4) is 0 Å². The molecule has 8 atom stereocenters. The molecule has 0 aromatic heterocycles. The van der Waals surface area contributed by atoms with Gasteiger partial charge in [0.2, 0.25) is 0 Å². The number of hydrogen-bond donors (Lipinski definition) is 1. The second-order valence-electron chi connectivity index (χ2n) is 20.1. The van der Waals surface area contributed by atoms with E-state index in [1.807, 2.05) is 109 Å². The molecule has 6 aromatic rings. The Labute approximate surface area is 449 Å². The van der Waals surface area contributed by atoms with Gasteiger partial charge in [0, 0.05) is 0 Å². The van der Waals surface area contributed by atoms with Crippen molar-refractivity contribution in [3.05, 3.63) is 215 Å². The summed E-state index contributed by atoms with van der Waals surface area (Å²) in [5.41, 5.74) is 13.7. The third-order valence-corrected chi connectivity index (χ3v) is 14.0. The zero-order chi connectivity index (χ0) is 51.8. The predicted octanol–water partition coefficient (Wildman–Crippen LogP) is 14.3. The molecule has 0 aliphatic carbocycles. The van der Waals surface area contributed by atoms with Crippen molar-refractivity contribution < 1.29 is 37.9 Å². The molecule has 0 amide bonds. The Balaban J connectivity index is 1.19. The molecular weight excluding hydrogens is 935 g/mol. The lowest BCUT2D eigenvalue weighted by atomic mass is 9.96. The Morgan fingerprint density at radius 3 is 1.24 bits per heavy atom. The van der Waals surface area contributed by atoms with Gasteiger partial charge < -0.3 is 43.6 Å². The topological polar surface area (TPSA) is 99.9 Å². The molecule has 0 saturated carbocycles. The smallest absolute Gasteiger partial charge is 0.187 e. The average Bonchev–Trinajstić information content (AvgIpc) is 3.46. The van der Waals surface area contributed by atoms with Crippen LogP contribution in [0.2, 0.25) is 0 Å². The standard InChI is InChI=1S/C66H85NO8/c1-2-3-4-5-6-7-8-9-10-11-12-31-44-60(70-47-55-36-23-15-24-37-55)62(59(67)51-68-45-53-32-19-13-20-33-53)75-66-65(73-50-58-42-29-18-30-43-58)64(72-49-57-40-27-17-28-41-57)63(71-48-56-38-25-16-26-39-56)61(74-66)52-69-46-54-34-21-14-22-35-54/h13-30,32-43,59-66H,2-12,31,44-52,67H2,1H3/t59-,60+,61+,62+,63-,64-,65+,66-/m0/s1. The quantitative estimate of drug-likeness (QED) is 0.0382. The summed E-state index contributed by atoms with van der Waals surface area (Å²) >= 11 is 0. The van der Waals surface area contributed by atoms with E-state index in [9.17, 15) is 0 Å². The largest absolute Gasteiger partial charge is 0.375 e. The van der Waals surface area contributed by atoms with Crippen molar-refractivity contribution in [3.63, 3.8) is 0 Å². The van der Waals surface area contributed by atoms with Gasteiger partial charge in [-0.2, -0.15) is 0 Å². The SMILES string of the molecule is CCCCCCCCCCCCCC[C@@H](OCc1ccccc1)[C@H](O[C@@H]1O[C@H](COCc2ccccc2)[C@H](OCc2ccccc2)[C@H](OCc2ccccc2)[C@H]1OCc1ccccc1)[C@@H](N)COCc1ccccc1. The van der Waals surface area contributed by atoms with Crippen LogP contribution in [-0.4, -0.2) is 62.2 Å². The molecule has 9 heteroatoms. The molecule has 1 fully saturated rings. The summed E-state index contributed by atoms with van der Waals surface area (Å²) in [6.07, 6.45) is 11.1. The van der Waals surface area contributed by atoms with E-state index < -0.39 is 49.0 Å². The van der Waals surface area contributed by atoms with Gasteiger partial charge in [0.1, 0.15) is 30.5 Å². The number of nitrogens with two attached hydrogens (primary N) is 1. The molecule has 0 unspecified atom stereocenters. The summed E-state index contributed by atoms with van der Waals surface area (Å²) in [6.45, 7) is 4.83. The third kappa shape index (κ3) is 21.1. The lowest BCUT2D eigenvalue weighted by Gasteiger charge is -2.47. The van der Waals surface area contributed by atoms with E-state index in [1.165, 1.54) is 64.2 Å². The van der Waals surface area contributed by atoms with Gasteiger partial charge in [-0.1, -0.05) is 266 Å². The number of ether oxygens (including phenoxy) is 8. The van der Waals surface area contributed by atoms with E-state index in [0.29, 0.717) is 33.0 Å². The zero-order valence-electron chi connectivity index (χ0n) is 44.6. The first-order valence-corrected chi connectivity index (χ1v) is 28.0. The van der Waals surface area contributed by atoms with Crippen molar-refractivity contribution in [2.45, 2.75) is 179 Å². The molecule has 1 saturated heterocycles. The van der Waals surface area contributed by atoms with Crippen LogP contribution in [0.1, 0.15) is 124 Å². The molecule has 6 aromatic carbocycles. The molecule has 1 heterocycles. The molecule has 2 N–H and O–H groups in total. The van der Waals surface area contributed by atoms with Crippen LogP contribution < -0.4 is 5.73 Å². The second-order valence-corrected chi connectivity index (χ2v) is 20.1. The van der Waals surface area contributed by atoms with Crippen LogP contribution in [0.4, 0.5) is 0 Å². The lowest BCUT2D eigenvalue weighted by molar-refractivity contribution is -0.343. The van der Waals surface area contributed by atoms with Gasteiger partial charge >= 0.3 is 0 Å². The van der Waals surface area contributed by atoms with E-state index in [2.05, 4.69) is 79.7 Å². The van der Waals surface area contributed by atoms with Crippen molar-refractivity contribution in [1.29, 1.82) is 0 Å². The fraction of sp³-hybridized carbons (Fsp3) is 0.455. The van der Waals surface area contributed by atoms with Gasteiger partial charge in [0.15, 0.2) is 6.29 Å². The summed E-state index contributed by atoms with van der Waals surface area (Å²) in [5.74, 6) is 0. The van der Waals surface area contributed by atoms with Crippen LogP contribution in [0.5, 0.6) is 0 Å². The minimum Gasteiger partial charge on any atom is -0.375 e. The van der Waals surface area contributed by atoms with Crippen LogP contribution in [0, 0.1) is 0 Å². The summed E-state index contributed by atoms with van der Waals surface area (Å²) in [5, 5.41) is 0. The Bertz CT molecular complexity index is 2310. The third-order valence-electron chi connectivity index (χ3n) is 14.0. The van der Waals surface area contributed by atoms with E-state index >= 15 is 0 Å². The van der Waals surface area contributed by atoms with Gasteiger partial charge in [0.05, 0.1) is 65.0 Å². The van der Waals surface area contributed by atoms with Crippen LogP contribution in [0.25, 0.3) is 0 Å².